The number of hydrogen-bond donors (Lipinski definition) is 0. The normalized spacial score (nSPS) is 10.0. The van der Waals surface area contributed by atoms with E-state index in [1.54, 1.807) is 18.2 Å². The fraction of sp³-hybridized carbons (Fsp3) is 0.100. The summed E-state index contributed by atoms with van der Waals surface area (Å²) in [5, 5.41) is 18.9. The maximum Gasteiger partial charge on any atom is 0.276 e. The summed E-state index contributed by atoms with van der Waals surface area (Å²) in [6.45, 7) is 1.84. The summed E-state index contributed by atoms with van der Waals surface area (Å²) in [6.07, 6.45) is 2.66. The van der Waals surface area contributed by atoms with Crippen LogP contribution in [0.25, 0.3) is 6.08 Å². The van der Waals surface area contributed by atoms with Gasteiger partial charge in [0.15, 0.2) is 0 Å². The standard InChI is InChI=1S/C10H8N2O2/c1-8-4-5-10(12(13)14)9(7-8)3-2-6-11/h2-5,7H,1H3. The second kappa shape index (κ2) is 4.19. The average Bonchev–Trinajstić information content (AvgIpc) is 2.14. The van der Waals surface area contributed by atoms with Crippen LogP contribution in [0, 0.1) is 28.4 Å². The Morgan fingerprint density at radius 2 is 2.29 bits per heavy atom. The Labute approximate surface area is 81.2 Å². The van der Waals surface area contributed by atoms with Gasteiger partial charge in [0.25, 0.3) is 5.69 Å². The van der Waals surface area contributed by atoms with E-state index in [4.69, 9.17) is 5.26 Å². The second-order valence-corrected chi connectivity index (χ2v) is 2.78. The lowest BCUT2D eigenvalue weighted by atomic mass is 10.1. The van der Waals surface area contributed by atoms with E-state index in [0.29, 0.717) is 5.56 Å². The quantitative estimate of drug-likeness (QED) is 0.406. The van der Waals surface area contributed by atoms with Gasteiger partial charge in [-0.1, -0.05) is 11.6 Å². The molecule has 0 fully saturated rings. The van der Waals surface area contributed by atoms with E-state index < -0.39 is 4.92 Å². The summed E-state index contributed by atoms with van der Waals surface area (Å²) in [7, 11) is 0. The van der Waals surface area contributed by atoms with Crippen LogP contribution in [0.1, 0.15) is 11.1 Å². The van der Waals surface area contributed by atoms with Crippen molar-refractivity contribution in [3.63, 3.8) is 0 Å². The maximum absolute atomic E-state index is 10.6. The molecule has 70 valence electrons. The van der Waals surface area contributed by atoms with Crippen molar-refractivity contribution in [2.75, 3.05) is 0 Å². The summed E-state index contributed by atoms with van der Waals surface area (Å²) < 4.78 is 0. The van der Waals surface area contributed by atoms with Gasteiger partial charge in [0.05, 0.1) is 16.6 Å². The molecule has 0 aliphatic carbocycles. The molecule has 0 saturated heterocycles. The molecule has 0 aromatic heterocycles. The van der Waals surface area contributed by atoms with Crippen LogP contribution >= 0.6 is 0 Å². The Balaban J connectivity index is 3.24. The lowest BCUT2D eigenvalue weighted by Crippen LogP contribution is -1.91. The summed E-state index contributed by atoms with van der Waals surface area (Å²) in [5.74, 6) is 0. The monoisotopic (exact) mass is 188 g/mol. The van der Waals surface area contributed by atoms with E-state index in [9.17, 15) is 10.1 Å². The van der Waals surface area contributed by atoms with Gasteiger partial charge in [0.2, 0.25) is 0 Å². The third-order valence-corrected chi connectivity index (χ3v) is 1.72. The van der Waals surface area contributed by atoms with Crippen LogP contribution in [-0.4, -0.2) is 4.92 Å². The number of hydrogen-bond acceptors (Lipinski definition) is 3. The van der Waals surface area contributed by atoms with Gasteiger partial charge >= 0.3 is 0 Å². The average molecular weight is 188 g/mol. The smallest absolute Gasteiger partial charge is 0.258 e. The fourth-order valence-electron chi connectivity index (χ4n) is 1.10. The van der Waals surface area contributed by atoms with Gasteiger partial charge in [-0.15, -0.1) is 0 Å². The SMILES string of the molecule is Cc1ccc([N+](=O)[O-])c(C=CC#N)c1. The molecule has 0 amide bonds. The third kappa shape index (κ3) is 2.17. The van der Waals surface area contributed by atoms with Gasteiger partial charge in [-0.05, 0) is 19.1 Å². The fourth-order valence-corrected chi connectivity index (χ4v) is 1.10. The minimum atomic E-state index is -0.462. The number of aryl methyl sites for hydroxylation is 1. The first-order valence-electron chi connectivity index (χ1n) is 3.96. The number of allylic oxidation sites excluding steroid dienone is 1. The molecule has 4 nitrogen and oxygen atoms in total. The zero-order valence-electron chi connectivity index (χ0n) is 7.60. The minimum Gasteiger partial charge on any atom is -0.258 e. The van der Waals surface area contributed by atoms with Crippen LogP contribution < -0.4 is 0 Å². The highest BCUT2D eigenvalue weighted by Crippen LogP contribution is 2.20. The van der Waals surface area contributed by atoms with Crippen LogP contribution in [0.4, 0.5) is 5.69 Å². The van der Waals surface area contributed by atoms with Crippen molar-refractivity contribution < 1.29 is 4.92 Å². The van der Waals surface area contributed by atoms with Crippen molar-refractivity contribution in [1.82, 2.24) is 0 Å². The maximum atomic E-state index is 10.6. The molecule has 0 aliphatic rings. The molecule has 0 spiro atoms. The zero-order chi connectivity index (χ0) is 10.6. The van der Waals surface area contributed by atoms with Crippen molar-refractivity contribution in [3.8, 4) is 6.07 Å². The van der Waals surface area contributed by atoms with E-state index in [1.807, 2.05) is 6.92 Å². The number of nitro benzene ring substituents is 1. The molecule has 4 heteroatoms. The highest BCUT2D eigenvalue weighted by Gasteiger charge is 2.10. The number of nitriles is 1. The van der Waals surface area contributed by atoms with E-state index in [-0.39, 0.29) is 5.69 Å². The van der Waals surface area contributed by atoms with Crippen molar-refractivity contribution in [2.24, 2.45) is 0 Å². The number of rotatable bonds is 2. The number of nitrogens with zero attached hydrogens (tertiary/aromatic N) is 2. The molecule has 0 N–H and O–H groups in total. The Morgan fingerprint density at radius 1 is 1.57 bits per heavy atom. The molecule has 0 radical (unpaired) electrons. The summed E-state index contributed by atoms with van der Waals surface area (Å²) >= 11 is 0. The molecule has 1 aromatic carbocycles. The van der Waals surface area contributed by atoms with Crippen LogP contribution in [0.3, 0.4) is 0 Å². The first-order chi connectivity index (χ1) is 6.65. The lowest BCUT2D eigenvalue weighted by Gasteiger charge is -1.98. The second-order valence-electron chi connectivity index (χ2n) is 2.78. The molecule has 0 heterocycles. The first-order valence-corrected chi connectivity index (χ1v) is 3.96. The molecule has 0 aliphatic heterocycles. The predicted octanol–water partition coefficient (Wildman–Crippen LogP) is 2.44. The molecule has 1 aromatic rings. The lowest BCUT2D eigenvalue weighted by molar-refractivity contribution is -0.385. The summed E-state index contributed by atoms with van der Waals surface area (Å²) in [6, 6.07) is 6.58. The molecule has 14 heavy (non-hydrogen) atoms. The zero-order valence-corrected chi connectivity index (χ0v) is 7.60. The van der Waals surface area contributed by atoms with Crippen LogP contribution in [0.2, 0.25) is 0 Å². The van der Waals surface area contributed by atoms with Gasteiger partial charge in [0.1, 0.15) is 0 Å². The largest absolute Gasteiger partial charge is 0.276 e. The van der Waals surface area contributed by atoms with Crippen molar-refractivity contribution in [2.45, 2.75) is 6.92 Å². The van der Waals surface area contributed by atoms with E-state index in [1.165, 1.54) is 18.2 Å². The van der Waals surface area contributed by atoms with Gasteiger partial charge in [-0.2, -0.15) is 5.26 Å². The van der Waals surface area contributed by atoms with E-state index in [2.05, 4.69) is 0 Å². The Morgan fingerprint density at radius 3 is 2.86 bits per heavy atom. The molecular weight excluding hydrogens is 180 g/mol. The Kier molecular flexibility index (Phi) is 2.97. The van der Waals surface area contributed by atoms with Crippen LogP contribution in [0.5, 0.6) is 0 Å². The predicted molar refractivity (Wildman–Crippen MR) is 52.5 cm³/mol. The molecular formula is C10H8N2O2. The third-order valence-electron chi connectivity index (χ3n) is 1.72. The van der Waals surface area contributed by atoms with E-state index >= 15 is 0 Å². The molecule has 0 atom stereocenters. The van der Waals surface area contributed by atoms with E-state index in [0.717, 1.165) is 5.56 Å². The van der Waals surface area contributed by atoms with Gasteiger partial charge in [0, 0.05) is 12.1 Å². The first kappa shape index (κ1) is 9.93. The molecule has 0 saturated carbocycles. The van der Waals surface area contributed by atoms with Crippen molar-refractivity contribution in [3.05, 3.63) is 45.5 Å². The number of nitro groups is 1. The number of benzene rings is 1. The summed E-state index contributed by atoms with van der Waals surface area (Å²) in [5.41, 5.74) is 1.40. The highest BCUT2D eigenvalue weighted by atomic mass is 16.6. The highest BCUT2D eigenvalue weighted by molar-refractivity contribution is 5.63. The van der Waals surface area contributed by atoms with Crippen molar-refractivity contribution >= 4 is 11.8 Å². The molecule has 1 rings (SSSR count). The van der Waals surface area contributed by atoms with Crippen molar-refractivity contribution in [1.29, 1.82) is 5.26 Å². The molecule has 0 bridgehead atoms. The van der Waals surface area contributed by atoms with Gasteiger partial charge < -0.3 is 0 Å². The minimum absolute atomic E-state index is 0.0158. The Hall–Kier alpha value is -2.15. The molecule has 0 unspecified atom stereocenters. The summed E-state index contributed by atoms with van der Waals surface area (Å²) in [4.78, 5) is 10.1. The Bertz CT molecular complexity index is 430. The van der Waals surface area contributed by atoms with Gasteiger partial charge in [-0.25, -0.2) is 0 Å². The van der Waals surface area contributed by atoms with Gasteiger partial charge in [-0.3, -0.25) is 10.1 Å². The topological polar surface area (TPSA) is 66.9 Å². The van der Waals surface area contributed by atoms with Crippen LogP contribution in [-0.2, 0) is 0 Å². The van der Waals surface area contributed by atoms with Crippen LogP contribution in [0.15, 0.2) is 24.3 Å².